The van der Waals surface area contributed by atoms with Crippen LogP contribution in [0, 0.1) is 13.8 Å². The number of ether oxygens (including phenoxy) is 1. The highest BCUT2D eigenvalue weighted by molar-refractivity contribution is 5.98. The Morgan fingerprint density at radius 2 is 1.74 bits per heavy atom. The molecule has 1 unspecified atom stereocenters. The lowest BCUT2D eigenvalue weighted by atomic mass is 10.1. The number of hydrogen-bond acceptors (Lipinski definition) is 4. The maximum absolute atomic E-state index is 12.4. The van der Waals surface area contributed by atoms with Crippen molar-refractivity contribution in [1.29, 1.82) is 0 Å². The van der Waals surface area contributed by atoms with Crippen molar-refractivity contribution in [2.45, 2.75) is 33.3 Å². The first kappa shape index (κ1) is 16.7. The maximum atomic E-state index is 12.4. The first-order valence-electron chi connectivity index (χ1n) is 7.51. The number of rotatable bonds is 5. The molecule has 0 saturated heterocycles. The Bertz CT molecular complexity index is 678. The van der Waals surface area contributed by atoms with E-state index >= 15 is 0 Å². The van der Waals surface area contributed by atoms with Gasteiger partial charge in [0.2, 0.25) is 0 Å². The van der Waals surface area contributed by atoms with Gasteiger partial charge in [0.15, 0.2) is 6.10 Å². The third-order valence-corrected chi connectivity index (χ3v) is 3.56. The first-order chi connectivity index (χ1) is 11.0. The van der Waals surface area contributed by atoms with Gasteiger partial charge < -0.3 is 10.1 Å². The van der Waals surface area contributed by atoms with Crippen LogP contribution in [0.25, 0.3) is 0 Å². The number of benzene rings is 1. The zero-order valence-corrected chi connectivity index (χ0v) is 13.5. The van der Waals surface area contributed by atoms with E-state index in [1.807, 2.05) is 32.0 Å². The minimum Gasteiger partial charge on any atom is -0.449 e. The van der Waals surface area contributed by atoms with E-state index in [2.05, 4.69) is 10.3 Å². The largest absolute Gasteiger partial charge is 0.449 e. The molecule has 1 atom stereocenters. The predicted octanol–water partition coefficient (Wildman–Crippen LogP) is 3.27. The second-order valence-corrected chi connectivity index (χ2v) is 5.29. The molecule has 0 aliphatic heterocycles. The molecule has 1 aromatic carbocycles. The standard InChI is InChI=1S/C18H20N2O3/c1-4-15(23-18(22)14-8-10-19-11-9-14)17(21)20-16-12(2)6-5-7-13(16)3/h5-11,15H,4H2,1-3H3,(H,20,21). The van der Waals surface area contributed by atoms with Gasteiger partial charge in [-0.2, -0.15) is 0 Å². The van der Waals surface area contributed by atoms with Gasteiger partial charge >= 0.3 is 5.97 Å². The second-order valence-electron chi connectivity index (χ2n) is 5.29. The fourth-order valence-electron chi connectivity index (χ4n) is 2.22. The highest BCUT2D eigenvalue weighted by Crippen LogP contribution is 2.20. The molecule has 5 nitrogen and oxygen atoms in total. The lowest BCUT2D eigenvalue weighted by molar-refractivity contribution is -0.124. The van der Waals surface area contributed by atoms with Gasteiger partial charge in [0.1, 0.15) is 0 Å². The van der Waals surface area contributed by atoms with Crippen LogP contribution in [0.15, 0.2) is 42.7 Å². The summed E-state index contributed by atoms with van der Waals surface area (Å²) < 4.78 is 5.32. The van der Waals surface area contributed by atoms with E-state index in [-0.39, 0.29) is 5.91 Å². The van der Waals surface area contributed by atoms with E-state index in [9.17, 15) is 9.59 Å². The Morgan fingerprint density at radius 1 is 1.13 bits per heavy atom. The van der Waals surface area contributed by atoms with Crippen molar-refractivity contribution in [2.24, 2.45) is 0 Å². The van der Waals surface area contributed by atoms with Crippen LogP contribution in [-0.4, -0.2) is 23.0 Å². The van der Waals surface area contributed by atoms with Gasteiger partial charge in [-0.05, 0) is 43.5 Å². The molecule has 1 aromatic heterocycles. The normalized spacial score (nSPS) is 11.6. The summed E-state index contributed by atoms with van der Waals surface area (Å²) in [5.74, 6) is -0.858. The Kier molecular flexibility index (Phi) is 5.46. The molecule has 0 bridgehead atoms. The molecule has 0 fully saturated rings. The Balaban J connectivity index is 2.09. The number of carbonyl (C=O) groups excluding carboxylic acids is 2. The minimum atomic E-state index is -0.838. The second kappa shape index (κ2) is 7.54. The highest BCUT2D eigenvalue weighted by Gasteiger charge is 2.22. The van der Waals surface area contributed by atoms with Gasteiger partial charge in [-0.15, -0.1) is 0 Å². The number of esters is 1. The summed E-state index contributed by atoms with van der Waals surface area (Å²) in [5.41, 5.74) is 3.07. The van der Waals surface area contributed by atoms with Crippen LogP contribution in [0.4, 0.5) is 5.69 Å². The summed E-state index contributed by atoms with van der Waals surface area (Å²) in [6, 6.07) is 8.89. The number of hydrogen-bond donors (Lipinski definition) is 1. The van der Waals surface area contributed by atoms with E-state index in [1.165, 1.54) is 12.4 Å². The third kappa shape index (κ3) is 4.16. The SMILES string of the molecule is CCC(OC(=O)c1ccncc1)C(=O)Nc1c(C)cccc1C. The maximum Gasteiger partial charge on any atom is 0.339 e. The van der Waals surface area contributed by atoms with Crippen LogP contribution >= 0.6 is 0 Å². The van der Waals surface area contributed by atoms with Crippen molar-refractivity contribution in [3.05, 3.63) is 59.4 Å². The number of amides is 1. The lowest BCUT2D eigenvalue weighted by Gasteiger charge is -2.18. The van der Waals surface area contributed by atoms with Crippen molar-refractivity contribution in [3.8, 4) is 0 Å². The summed E-state index contributed by atoms with van der Waals surface area (Å²) in [5, 5.41) is 2.86. The van der Waals surface area contributed by atoms with Crippen LogP contribution in [-0.2, 0) is 9.53 Å². The zero-order valence-electron chi connectivity index (χ0n) is 13.5. The van der Waals surface area contributed by atoms with Crippen LogP contribution in [0.3, 0.4) is 0 Å². The molecule has 23 heavy (non-hydrogen) atoms. The van der Waals surface area contributed by atoms with E-state index < -0.39 is 12.1 Å². The van der Waals surface area contributed by atoms with Crippen molar-refractivity contribution >= 4 is 17.6 Å². The van der Waals surface area contributed by atoms with Gasteiger partial charge in [0, 0.05) is 18.1 Å². The molecule has 1 heterocycles. The van der Waals surface area contributed by atoms with Gasteiger partial charge in [0.05, 0.1) is 5.56 Å². The lowest BCUT2D eigenvalue weighted by Crippen LogP contribution is -2.32. The molecular weight excluding hydrogens is 292 g/mol. The molecule has 0 aliphatic carbocycles. The number of nitrogens with zero attached hydrogens (tertiary/aromatic N) is 1. The minimum absolute atomic E-state index is 0.327. The zero-order chi connectivity index (χ0) is 16.8. The van der Waals surface area contributed by atoms with Crippen LogP contribution < -0.4 is 5.32 Å². The Morgan fingerprint density at radius 3 is 2.30 bits per heavy atom. The molecule has 0 aliphatic rings. The van der Waals surface area contributed by atoms with Gasteiger partial charge in [-0.25, -0.2) is 4.79 Å². The van der Waals surface area contributed by atoms with Crippen LogP contribution in [0.2, 0.25) is 0 Å². The van der Waals surface area contributed by atoms with Crippen LogP contribution in [0.1, 0.15) is 34.8 Å². The average molecular weight is 312 g/mol. The van der Waals surface area contributed by atoms with Gasteiger partial charge in [-0.3, -0.25) is 9.78 Å². The van der Waals surface area contributed by atoms with Gasteiger partial charge in [-0.1, -0.05) is 25.1 Å². The average Bonchev–Trinajstić information content (AvgIpc) is 2.56. The summed E-state index contributed by atoms with van der Waals surface area (Å²) in [4.78, 5) is 28.3. The molecule has 2 aromatic rings. The molecule has 0 saturated carbocycles. The molecule has 0 radical (unpaired) electrons. The molecule has 1 N–H and O–H groups in total. The monoisotopic (exact) mass is 312 g/mol. The Labute approximate surface area is 135 Å². The summed E-state index contributed by atoms with van der Waals surface area (Å²) in [6.45, 7) is 5.65. The van der Waals surface area contributed by atoms with E-state index in [4.69, 9.17) is 4.74 Å². The fraction of sp³-hybridized carbons (Fsp3) is 0.278. The smallest absolute Gasteiger partial charge is 0.339 e. The summed E-state index contributed by atoms with van der Waals surface area (Å²) >= 11 is 0. The van der Waals surface area contributed by atoms with Crippen molar-refractivity contribution in [3.63, 3.8) is 0 Å². The quantitative estimate of drug-likeness (QED) is 0.860. The third-order valence-electron chi connectivity index (χ3n) is 3.56. The first-order valence-corrected chi connectivity index (χ1v) is 7.51. The van der Waals surface area contributed by atoms with E-state index in [1.54, 1.807) is 19.1 Å². The van der Waals surface area contributed by atoms with E-state index in [0.29, 0.717) is 12.0 Å². The van der Waals surface area contributed by atoms with E-state index in [0.717, 1.165) is 16.8 Å². The molecule has 1 amide bonds. The molecular formula is C18H20N2O3. The molecule has 2 rings (SSSR count). The number of nitrogens with one attached hydrogen (secondary N) is 1. The summed E-state index contributed by atoms with van der Waals surface area (Å²) in [7, 11) is 0. The predicted molar refractivity (Wildman–Crippen MR) is 88.3 cm³/mol. The number of para-hydroxylation sites is 1. The van der Waals surface area contributed by atoms with Gasteiger partial charge in [0.25, 0.3) is 5.91 Å². The number of aromatic nitrogens is 1. The fourth-order valence-corrected chi connectivity index (χ4v) is 2.22. The Hall–Kier alpha value is -2.69. The number of carbonyl (C=O) groups is 2. The highest BCUT2D eigenvalue weighted by atomic mass is 16.5. The molecule has 0 spiro atoms. The molecule has 5 heteroatoms. The van der Waals surface area contributed by atoms with Crippen LogP contribution in [0.5, 0.6) is 0 Å². The van der Waals surface area contributed by atoms with Crippen molar-refractivity contribution in [1.82, 2.24) is 4.98 Å². The summed E-state index contributed by atoms with van der Waals surface area (Å²) in [6.07, 6.45) is 2.57. The number of anilines is 1. The van der Waals surface area contributed by atoms with Crippen molar-refractivity contribution in [2.75, 3.05) is 5.32 Å². The number of aryl methyl sites for hydroxylation is 2. The topological polar surface area (TPSA) is 68.3 Å². The number of pyridine rings is 1. The van der Waals surface area contributed by atoms with Crippen molar-refractivity contribution < 1.29 is 14.3 Å². The molecule has 120 valence electrons.